The molecule has 9 heteroatoms. The average molecular weight is 528 g/mol. The van der Waals surface area contributed by atoms with Gasteiger partial charge < -0.3 is 18.5 Å². The molecule has 194 valence electrons. The van der Waals surface area contributed by atoms with E-state index in [4.69, 9.17) is 23.9 Å². The van der Waals surface area contributed by atoms with Crippen LogP contribution < -0.4 is 0 Å². The summed E-state index contributed by atoms with van der Waals surface area (Å²) in [7, 11) is 0. The van der Waals surface area contributed by atoms with E-state index in [0.29, 0.717) is 34.9 Å². The van der Waals surface area contributed by atoms with E-state index >= 15 is 0 Å². The summed E-state index contributed by atoms with van der Waals surface area (Å²) in [5.41, 5.74) is 5.08. The average Bonchev–Trinajstić information content (AvgIpc) is 3.77. The largest absolute Gasteiger partial charge is 0.508 e. The maximum atomic E-state index is 14.0. The highest BCUT2D eigenvalue weighted by atomic mass is 16.3. The van der Waals surface area contributed by atoms with E-state index in [0.717, 1.165) is 32.8 Å². The minimum Gasteiger partial charge on any atom is -0.508 e. The SMILES string of the molecule is O=C(Cn1c2ccccc2c2nc3ccccc3nc21)N1N=C(c2cc3cc(O)ccc3o2)CC1c1ccco1. The highest BCUT2D eigenvalue weighted by Gasteiger charge is 2.36. The number of rotatable bonds is 4. The van der Waals surface area contributed by atoms with Crippen LogP contribution in [0.15, 0.2) is 105 Å². The molecule has 40 heavy (non-hydrogen) atoms. The van der Waals surface area contributed by atoms with E-state index in [2.05, 4.69) is 0 Å². The molecule has 3 aromatic carbocycles. The third kappa shape index (κ3) is 3.48. The number of para-hydroxylation sites is 3. The van der Waals surface area contributed by atoms with Gasteiger partial charge in [-0.25, -0.2) is 15.0 Å². The van der Waals surface area contributed by atoms with Crippen LogP contribution in [-0.4, -0.2) is 36.3 Å². The predicted molar refractivity (Wildman–Crippen MR) is 150 cm³/mol. The number of benzene rings is 3. The molecule has 1 N–H and O–H groups in total. The van der Waals surface area contributed by atoms with Gasteiger partial charge in [0.1, 0.15) is 40.9 Å². The molecule has 7 aromatic rings. The molecule has 9 nitrogen and oxygen atoms in total. The standard InChI is InChI=1S/C31H21N5O4/c37-19-11-12-26-18(14-19)15-28(40-26)23-16-25(27-10-5-13-39-27)36(34-23)29(38)17-35-24-9-4-1-6-20(24)30-31(35)33-22-8-3-2-7-21(22)32-30/h1-15,25,37H,16-17H2. The Bertz CT molecular complexity index is 2120. The topological polar surface area (TPSA) is 110 Å². The first-order chi connectivity index (χ1) is 19.6. The minimum absolute atomic E-state index is 0.0129. The van der Waals surface area contributed by atoms with Crippen molar-refractivity contribution in [1.82, 2.24) is 19.5 Å². The predicted octanol–water partition coefficient (Wildman–Crippen LogP) is 6.16. The second-order valence-electron chi connectivity index (χ2n) is 9.84. The fourth-order valence-corrected chi connectivity index (χ4v) is 5.52. The number of fused-ring (bicyclic) bond motifs is 5. The van der Waals surface area contributed by atoms with Gasteiger partial charge in [0.25, 0.3) is 5.91 Å². The minimum atomic E-state index is -0.431. The van der Waals surface area contributed by atoms with Crippen molar-refractivity contribution in [1.29, 1.82) is 0 Å². The number of nitrogens with zero attached hydrogens (tertiary/aromatic N) is 5. The second kappa shape index (κ2) is 8.54. The lowest BCUT2D eigenvalue weighted by Gasteiger charge is -2.20. The van der Waals surface area contributed by atoms with E-state index in [1.54, 1.807) is 30.5 Å². The van der Waals surface area contributed by atoms with Crippen molar-refractivity contribution in [2.45, 2.75) is 19.0 Å². The summed E-state index contributed by atoms with van der Waals surface area (Å²) in [5, 5.41) is 17.8. The summed E-state index contributed by atoms with van der Waals surface area (Å²) in [5.74, 6) is 1.11. The summed E-state index contributed by atoms with van der Waals surface area (Å²) in [6.07, 6.45) is 2.01. The van der Waals surface area contributed by atoms with Crippen LogP contribution in [0.25, 0.3) is 44.1 Å². The molecule has 8 rings (SSSR count). The Morgan fingerprint density at radius 1 is 0.950 bits per heavy atom. The fourth-order valence-electron chi connectivity index (χ4n) is 5.52. The summed E-state index contributed by atoms with van der Waals surface area (Å²) in [6.45, 7) is 0.0129. The van der Waals surface area contributed by atoms with Gasteiger partial charge in [0.05, 0.1) is 22.8 Å². The molecule has 0 spiro atoms. The molecule has 5 heterocycles. The fraction of sp³-hybridized carbons (Fsp3) is 0.0968. The van der Waals surface area contributed by atoms with Gasteiger partial charge in [-0.3, -0.25) is 4.79 Å². The van der Waals surface area contributed by atoms with E-state index in [1.165, 1.54) is 5.01 Å². The molecule has 0 aliphatic carbocycles. The molecule has 0 saturated carbocycles. The van der Waals surface area contributed by atoms with Crippen LogP contribution >= 0.6 is 0 Å². The Kier molecular flexibility index (Phi) is 4.81. The van der Waals surface area contributed by atoms with Crippen LogP contribution in [0.4, 0.5) is 0 Å². The summed E-state index contributed by atoms with van der Waals surface area (Å²) in [6, 6.07) is 25.6. The number of amides is 1. The molecule has 0 fully saturated rings. The number of phenols is 1. The van der Waals surface area contributed by atoms with Crippen molar-refractivity contribution in [3.63, 3.8) is 0 Å². The smallest absolute Gasteiger partial charge is 0.263 e. The van der Waals surface area contributed by atoms with Crippen molar-refractivity contribution in [3.05, 3.63) is 103 Å². The van der Waals surface area contributed by atoms with E-state index in [-0.39, 0.29) is 18.2 Å². The number of carbonyl (C=O) groups excluding carboxylic acids is 1. The molecular weight excluding hydrogens is 506 g/mol. The lowest BCUT2D eigenvalue weighted by Crippen LogP contribution is -2.30. The molecule has 0 radical (unpaired) electrons. The number of hydrogen-bond donors (Lipinski definition) is 1. The number of hydrazone groups is 1. The third-order valence-corrected chi connectivity index (χ3v) is 7.37. The Hall–Kier alpha value is -5.44. The normalized spacial score (nSPS) is 15.6. The van der Waals surface area contributed by atoms with Crippen LogP contribution in [0.3, 0.4) is 0 Å². The molecule has 4 aromatic heterocycles. The van der Waals surface area contributed by atoms with Gasteiger partial charge in [-0.2, -0.15) is 5.10 Å². The number of hydrogen-bond acceptors (Lipinski definition) is 7. The molecule has 1 amide bonds. The van der Waals surface area contributed by atoms with Gasteiger partial charge in [0, 0.05) is 17.2 Å². The molecule has 0 saturated heterocycles. The third-order valence-electron chi connectivity index (χ3n) is 7.37. The Morgan fingerprint density at radius 2 is 1.77 bits per heavy atom. The summed E-state index contributed by atoms with van der Waals surface area (Å²) < 4.78 is 13.7. The molecule has 1 aliphatic heterocycles. The lowest BCUT2D eigenvalue weighted by atomic mass is 10.1. The molecule has 0 bridgehead atoms. The molecular formula is C31H21N5O4. The zero-order valence-electron chi connectivity index (χ0n) is 21.1. The zero-order valence-corrected chi connectivity index (χ0v) is 21.1. The van der Waals surface area contributed by atoms with Gasteiger partial charge in [-0.1, -0.05) is 30.3 Å². The Labute approximate surface area is 226 Å². The quantitative estimate of drug-likeness (QED) is 0.294. The Balaban J connectivity index is 1.22. The van der Waals surface area contributed by atoms with E-state index in [1.807, 2.05) is 65.2 Å². The lowest BCUT2D eigenvalue weighted by molar-refractivity contribution is -0.133. The van der Waals surface area contributed by atoms with Crippen molar-refractivity contribution in [2.75, 3.05) is 0 Å². The van der Waals surface area contributed by atoms with Gasteiger partial charge in [-0.15, -0.1) is 0 Å². The van der Waals surface area contributed by atoms with Gasteiger partial charge >= 0.3 is 0 Å². The number of aromatic nitrogens is 3. The van der Waals surface area contributed by atoms with Crippen molar-refractivity contribution < 1.29 is 18.7 Å². The first kappa shape index (κ1) is 22.5. The molecule has 1 aliphatic rings. The number of furan rings is 2. The maximum absolute atomic E-state index is 14.0. The van der Waals surface area contributed by atoms with Gasteiger partial charge in [-0.05, 0) is 54.6 Å². The number of phenolic OH excluding ortho intramolecular Hbond substituents is 1. The van der Waals surface area contributed by atoms with E-state index < -0.39 is 6.04 Å². The Morgan fingerprint density at radius 3 is 2.62 bits per heavy atom. The monoisotopic (exact) mass is 527 g/mol. The molecule has 1 unspecified atom stereocenters. The highest BCUT2D eigenvalue weighted by Crippen LogP contribution is 2.36. The summed E-state index contributed by atoms with van der Waals surface area (Å²) >= 11 is 0. The zero-order chi connectivity index (χ0) is 26.8. The maximum Gasteiger partial charge on any atom is 0.263 e. The number of carbonyl (C=O) groups is 1. The van der Waals surface area contributed by atoms with Crippen LogP contribution in [0.2, 0.25) is 0 Å². The number of aromatic hydroxyl groups is 1. The van der Waals surface area contributed by atoms with Crippen molar-refractivity contribution >= 4 is 55.7 Å². The van der Waals surface area contributed by atoms with Gasteiger partial charge in [0.15, 0.2) is 11.4 Å². The molecule has 1 atom stereocenters. The van der Waals surface area contributed by atoms with Crippen LogP contribution in [0, 0.1) is 0 Å². The van der Waals surface area contributed by atoms with Crippen molar-refractivity contribution in [3.8, 4) is 5.75 Å². The first-order valence-corrected chi connectivity index (χ1v) is 12.9. The second-order valence-corrected chi connectivity index (χ2v) is 9.84. The first-order valence-electron chi connectivity index (χ1n) is 12.9. The highest BCUT2D eigenvalue weighted by molar-refractivity contribution is 6.07. The van der Waals surface area contributed by atoms with Crippen LogP contribution in [0.1, 0.15) is 24.0 Å². The summed E-state index contributed by atoms with van der Waals surface area (Å²) in [4.78, 5) is 23.8. The van der Waals surface area contributed by atoms with Crippen molar-refractivity contribution in [2.24, 2.45) is 5.10 Å². The van der Waals surface area contributed by atoms with Gasteiger partial charge in [0.2, 0.25) is 0 Å². The van der Waals surface area contributed by atoms with Crippen LogP contribution in [-0.2, 0) is 11.3 Å². The van der Waals surface area contributed by atoms with Crippen LogP contribution in [0.5, 0.6) is 5.75 Å². The van der Waals surface area contributed by atoms with E-state index in [9.17, 15) is 9.90 Å².